The van der Waals surface area contributed by atoms with E-state index in [0.29, 0.717) is 0 Å². The van der Waals surface area contributed by atoms with Crippen LogP contribution in [0.4, 0.5) is 4.79 Å². The molecule has 0 aromatic carbocycles. The molecule has 1 amide bonds. The zero-order valence-electron chi connectivity index (χ0n) is 13.1. The first-order valence-corrected chi connectivity index (χ1v) is 6.78. The number of carbonyl (C=O) groups excluding carboxylic acids is 2. The van der Waals surface area contributed by atoms with Crippen LogP contribution in [0.15, 0.2) is 0 Å². The second-order valence-electron chi connectivity index (χ2n) is 6.65. The molecule has 2 atom stereocenters. The van der Waals surface area contributed by atoms with E-state index < -0.39 is 29.6 Å². The van der Waals surface area contributed by atoms with Crippen LogP contribution in [0.3, 0.4) is 0 Å². The normalized spacial score (nSPS) is 23.6. The van der Waals surface area contributed by atoms with Gasteiger partial charge in [0.1, 0.15) is 17.1 Å². The Morgan fingerprint density at radius 1 is 1.45 bits per heavy atom. The summed E-state index contributed by atoms with van der Waals surface area (Å²) >= 11 is 0. The standard InChI is InChI=1S/C14H25NO5/c1-9(16)7-11(17)10-8-19-14(5,6)15(10)12(18)20-13(2,3)4/h10-11,17H,7-8H2,1-6H3/t10-,11+/m1/s1. The number of ether oxygens (including phenoxy) is 2. The lowest BCUT2D eigenvalue weighted by atomic mass is 10.0. The molecule has 6 heteroatoms. The second kappa shape index (κ2) is 5.69. The Labute approximate surface area is 120 Å². The van der Waals surface area contributed by atoms with Crippen molar-refractivity contribution in [2.24, 2.45) is 0 Å². The third-order valence-electron chi connectivity index (χ3n) is 3.05. The maximum atomic E-state index is 12.3. The molecule has 0 spiro atoms. The third kappa shape index (κ3) is 4.18. The van der Waals surface area contributed by atoms with Gasteiger partial charge in [-0.3, -0.25) is 9.69 Å². The average Bonchev–Trinajstić information content (AvgIpc) is 2.50. The predicted molar refractivity (Wildman–Crippen MR) is 73.2 cm³/mol. The highest BCUT2D eigenvalue weighted by molar-refractivity contribution is 5.76. The Balaban J connectivity index is 2.90. The zero-order chi connectivity index (χ0) is 15.7. The summed E-state index contributed by atoms with van der Waals surface area (Å²) < 4.78 is 10.9. The van der Waals surface area contributed by atoms with Gasteiger partial charge < -0.3 is 14.6 Å². The van der Waals surface area contributed by atoms with E-state index in [1.54, 1.807) is 34.6 Å². The van der Waals surface area contributed by atoms with Crippen molar-refractivity contribution in [1.29, 1.82) is 0 Å². The molecule has 0 aromatic heterocycles. The SMILES string of the molecule is CC(=O)C[C@H](O)[C@H]1COC(C)(C)N1C(=O)OC(C)(C)C. The first-order valence-electron chi connectivity index (χ1n) is 6.78. The highest BCUT2D eigenvalue weighted by Gasteiger charge is 2.48. The number of nitrogens with zero attached hydrogens (tertiary/aromatic N) is 1. The first-order chi connectivity index (χ1) is 8.94. The number of Topliss-reactive ketones (excluding diaryl/α,β-unsaturated/α-hetero) is 1. The summed E-state index contributed by atoms with van der Waals surface area (Å²) in [6.45, 7) is 10.4. The molecule has 1 aliphatic heterocycles. The Kier molecular flexibility index (Phi) is 4.82. The van der Waals surface area contributed by atoms with Crippen LogP contribution in [-0.2, 0) is 14.3 Å². The Hall–Kier alpha value is -1.14. The van der Waals surface area contributed by atoms with E-state index in [1.807, 2.05) is 0 Å². The monoisotopic (exact) mass is 287 g/mol. The maximum absolute atomic E-state index is 12.3. The smallest absolute Gasteiger partial charge is 0.412 e. The summed E-state index contributed by atoms with van der Waals surface area (Å²) in [5.74, 6) is -0.133. The molecular formula is C14H25NO5. The van der Waals surface area contributed by atoms with Gasteiger partial charge in [0.15, 0.2) is 0 Å². The average molecular weight is 287 g/mol. The molecule has 0 aliphatic carbocycles. The number of carbonyl (C=O) groups is 2. The lowest BCUT2D eigenvalue weighted by Gasteiger charge is -2.36. The molecule has 0 bridgehead atoms. The van der Waals surface area contributed by atoms with Crippen molar-refractivity contribution >= 4 is 11.9 Å². The first kappa shape index (κ1) is 16.9. The van der Waals surface area contributed by atoms with E-state index in [2.05, 4.69) is 0 Å². The molecule has 1 saturated heterocycles. The lowest BCUT2D eigenvalue weighted by Crippen LogP contribution is -2.53. The number of hydrogen-bond acceptors (Lipinski definition) is 5. The molecule has 0 aromatic rings. The van der Waals surface area contributed by atoms with E-state index in [9.17, 15) is 14.7 Å². The molecule has 1 aliphatic rings. The lowest BCUT2D eigenvalue weighted by molar-refractivity contribution is -0.120. The molecule has 6 nitrogen and oxygen atoms in total. The summed E-state index contributed by atoms with van der Waals surface area (Å²) in [6, 6.07) is -0.580. The molecule has 116 valence electrons. The fourth-order valence-electron chi connectivity index (χ4n) is 2.21. The minimum absolute atomic E-state index is 0.0105. The molecule has 1 rings (SSSR count). The molecule has 0 unspecified atom stereocenters. The highest BCUT2D eigenvalue weighted by Crippen LogP contribution is 2.31. The van der Waals surface area contributed by atoms with Crippen molar-refractivity contribution in [3.05, 3.63) is 0 Å². The van der Waals surface area contributed by atoms with Gasteiger partial charge in [-0.25, -0.2) is 4.79 Å². The number of ketones is 1. The molecule has 0 radical (unpaired) electrons. The van der Waals surface area contributed by atoms with Gasteiger partial charge in [0.2, 0.25) is 0 Å². The van der Waals surface area contributed by atoms with Crippen molar-refractivity contribution in [3.8, 4) is 0 Å². The van der Waals surface area contributed by atoms with Crippen LogP contribution in [0.1, 0.15) is 48.0 Å². The van der Waals surface area contributed by atoms with Gasteiger partial charge in [0.25, 0.3) is 0 Å². The van der Waals surface area contributed by atoms with E-state index in [0.717, 1.165) is 0 Å². The van der Waals surface area contributed by atoms with Gasteiger partial charge in [-0.2, -0.15) is 0 Å². The topological polar surface area (TPSA) is 76.1 Å². The minimum atomic E-state index is -0.957. The van der Waals surface area contributed by atoms with Gasteiger partial charge in [0, 0.05) is 6.42 Å². The van der Waals surface area contributed by atoms with Crippen LogP contribution < -0.4 is 0 Å². The molecule has 20 heavy (non-hydrogen) atoms. The molecule has 1 N–H and O–H groups in total. The quantitative estimate of drug-likeness (QED) is 0.855. The van der Waals surface area contributed by atoms with Crippen LogP contribution in [0.5, 0.6) is 0 Å². The van der Waals surface area contributed by atoms with Crippen molar-refractivity contribution in [2.75, 3.05) is 6.61 Å². The third-order valence-corrected chi connectivity index (χ3v) is 3.05. The van der Waals surface area contributed by atoms with Crippen LogP contribution in [0, 0.1) is 0 Å². The van der Waals surface area contributed by atoms with Gasteiger partial charge in [0.05, 0.1) is 18.8 Å². The van der Waals surface area contributed by atoms with Crippen molar-refractivity contribution in [2.45, 2.75) is 71.4 Å². The number of aliphatic hydroxyl groups excluding tert-OH is 1. The number of hydrogen-bond donors (Lipinski definition) is 1. The van der Waals surface area contributed by atoms with Crippen LogP contribution in [0.2, 0.25) is 0 Å². The number of amides is 1. The molecule has 1 heterocycles. The summed E-state index contributed by atoms with van der Waals surface area (Å²) in [7, 11) is 0. The fraction of sp³-hybridized carbons (Fsp3) is 0.857. The van der Waals surface area contributed by atoms with Crippen molar-refractivity contribution in [1.82, 2.24) is 4.90 Å². The van der Waals surface area contributed by atoms with E-state index in [4.69, 9.17) is 9.47 Å². The van der Waals surface area contributed by atoms with Crippen molar-refractivity contribution < 1.29 is 24.2 Å². The zero-order valence-corrected chi connectivity index (χ0v) is 13.1. The van der Waals surface area contributed by atoms with Gasteiger partial charge >= 0.3 is 6.09 Å². The van der Waals surface area contributed by atoms with Gasteiger partial charge in [-0.05, 0) is 41.5 Å². The van der Waals surface area contributed by atoms with E-state index >= 15 is 0 Å². The Morgan fingerprint density at radius 3 is 2.45 bits per heavy atom. The maximum Gasteiger partial charge on any atom is 0.412 e. The molecule has 1 fully saturated rings. The number of rotatable bonds is 3. The summed E-state index contributed by atoms with van der Waals surface area (Å²) in [5, 5.41) is 10.1. The van der Waals surface area contributed by atoms with Gasteiger partial charge in [-0.15, -0.1) is 0 Å². The van der Waals surface area contributed by atoms with Crippen LogP contribution in [-0.4, -0.2) is 52.0 Å². The summed E-state index contributed by atoms with van der Waals surface area (Å²) in [6.07, 6.45) is -1.52. The van der Waals surface area contributed by atoms with Gasteiger partial charge in [-0.1, -0.05) is 0 Å². The second-order valence-corrected chi connectivity index (χ2v) is 6.65. The van der Waals surface area contributed by atoms with Crippen molar-refractivity contribution in [3.63, 3.8) is 0 Å². The molecular weight excluding hydrogens is 262 g/mol. The van der Waals surface area contributed by atoms with E-state index in [1.165, 1.54) is 11.8 Å². The van der Waals surface area contributed by atoms with Crippen LogP contribution >= 0.6 is 0 Å². The summed E-state index contributed by atoms with van der Waals surface area (Å²) in [5.41, 5.74) is -1.50. The van der Waals surface area contributed by atoms with Crippen LogP contribution in [0.25, 0.3) is 0 Å². The minimum Gasteiger partial charge on any atom is -0.444 e. The summed E-state index contributed by atoms with van der Waals surface area (Å²) in [4.78, 5) is 24.8. The largest absolute Gasteiger partial charge is 0.444 e. The number of aliphatic hydroxyl groups is 1. The fourth-order valence-corrected chi connectivity index (χ4v) is 2.21. The molecule has 0 saturated carbocycles. The highest BCUT2D eigenvalue weighted by atomic mass is 16.6. The predicted octanol–water partition coefficient (Wildman–Crippen LogP) is 1.70. The Morgan fingerprint density at radius 2 is 2.00 bits per heavy atom. The Bertz CT molecular complexity index is 386. The van der Waals surface area contributed by atoms with E-state index in [-0.39, 0.29) is 18.8 Å².